The van der Waals surface area contributed by atoms with Crippen molar-refractivity contribution in [1.29, 1.82) is 0 Å². The number of fused-ring (bicyclic) bond motifs is 1. The molecule has 0 fully saturated rings. The van der Waals surface area contributed by atoms with E-state index in [2.05, 4.69) is 0 Å². The largest absolute Gasteiger partial charge is 0.246 e. The van der Waals surface area contributed by atoms with Crippen molar-refractivity contribution in [3.8, 4) is 0 Å². The second-order valence-electron chi connectivity index (χ2n) is 10.6. The maximum Gasteiger partial charge on any atom is 0.246 e. The van der Waals surface area contributed by atoms with Gasteiger partial charge in [-0.1, -0.05) is 79.4 Å². The number of hydrogen-bond donors (Lipinski definition) is 0. The maximum atomic E-state index is 16.9. The Hall–Kier alpha value is -4.14. The normalized spacial score (nSPS) is 14.4. The van der Waals surface area contributed by atoms with Crippen molar-refractivity contribution in [2.45, 2.75) is 19.3 Å². The Labute approximate surface area is 222 Å². The molecule has 0 bridgehead atoms. The number of halogens is 8. The van der Waals surface area contributed by atoms with Crippen LogP contribution in [0.4, 0.5) is 35.1 Å². The van der Waals surface area contributed by atoms with Crippen LogP contribution in [0.5, 0.6) is 0 Å². The molecule has 1 aliphatic heterocycles. The first-order chi connectivity index (χ1) is 19.0. The topological polar surface area (TPSA) is 0 Å². The lowest BCUT2D eigenvalue weighted by Gasteiger charge is -2.30. The Morgan fingerprint density at radius 3 is 1.57 bits per heavy atom. The smallest absolute Gasteiger partial charge is 0.207 e. The van der Waals surface area contributed by atoms with Crippen molar-refractivity contribution in [3.05, 3.63) is 112 Å². The molecule has 9 heteroatoms. The highest BCUT2D eigenvalue weighted by molar-refractivity contribution is 6.97. The van der Waals surface area contributed by atoms with Gasteiger partial charge in [0.1, 0.15) is 5.82 Å². The first-order valence-corrected chi connectivity index (χ1v) is 12.4. The summed E-state index contributed by atoms with van der Waals surface area (Å²) >= 11 is 0. The summed E-state index contributed by atoms with van der Waals surface area (Å²) in [6.45, 7) is 2.04. The van der Waals surface area contributed by atoms with E-state index in [0.29, 0.717) is 16.5 Å². The summed E-state index contributed by atoms with van der Waals surface area (Å²) in [4.78, 5) is 0. The van der Waals surface area contributed by atoms with Gasteiger partial charge in [0.2, 0.25) is 6.71 Å². The minimum absolute atomic E-state index is 0.344. The molecule has 7 rings (SSSR count). The van der Waals surface area contributed by atoms with Gasteiger partial charge in [-0.2, -0.15) is 0 Å². The minimum atomic E-state index is -2.22. The van der Waals surface area contributed by atoms with E-state index in [4.69, 9.17) is 0 Å². The Kier molecular flexibility index (Phi) is 4.95. The zero-order valence-corrected chi connectivity index (χ0v) is 20.8. The van der Waals surface area contributed by atoms with Crippen molar-refractivity contribution in [3.63, 3.8) is 0 Å². The molecule has 1 aliphatic rings. The molecule has 0 unspecified atom stereocenters. The molecule has 6 aromatic rings. The van der Waals surface area contributed by atoms with Gasteiger partial charge < -0.3 is 0 Å². The van der Waals surface area contributed by atoms with Crippen LogP contribution in [-0.2, 0) is 5.41 Å². The number of rotatable bonds is 1. The molecule has 40 heavy (non-hydrogen) atoms. The second-order valence-corrected chi connectivity index (χ2v) is 10.6. The van der Waals surface area contributed by atoms with E-state index in [1.807, 2.05) is 0 Å². The van der Waals surface area contributed by atoms with Gasteiger partial charge in [-0.25, -0.2) is 35.1 Å². The van der Waals surface area contributed by atoms with Crippen LogP contribution in [0.25, 0.3) is 32.3 Å². The van der Waals surface area contributed by atoms with Crippen LogP contribution in [0, 0.1) is 46.5 Å². The first-order valence-electron chi connectivity index (χ1n) is 12.4. The van der Waals surface area contributed by atoms with E-state index in [1.54, 1.807) is 68.4 Å². The van der Waals surface area contributed by atoms with Crippen LogP contribution in [-0.4, -0.2) is 6.71 Å². The monoisotopic (exact) mass is 550 g/mol. The highest BCUT2D eigenvalue weighted by atomic mass is 19.2. The van der Waals surface area contributed by atoms with E-state index in [9.17, 15) is 4.39 Å². The molecule has 0 aromatic heterocycles. The Bertz CT molecular complexity index is 2070. The van der Waals surface area contributed by atoms with Crippen molar-refractivity contribution in [1.82, 2.24) is 0 Å². The molecule has 0 aliphatic carbocycles. The highest BCUT2D eigenvalue weighted by Crippen LogP contribution is 2.48. The molecule has 0 spiro atoms. The lowest BCUT2D eigenvalue weighted by Crippen LogP contribution is -2.54. The summed E-state index contributed by atoms with van der Waals surface area (Å²) in [5.74, 6) is -15.1. The third kappa shape index (κ3) is 2.77. The second kappa shape index (κ2) is 7.96. The number of benzene rings is 6. The van der Waals surface area contributed by atoms with Crippen molar-refractivity contribution in [2.75, 3.05) is 0 Å². The molecular weight excluding hydrogens is 535 g/mol. The van der Waals surface area contributed by atoms with Gasteiger partial charge in [-0.3, -0.25) is 0 Å². The predicted octanol–water partition coefficient (Wildman–Crippen LogP) is 6.85. The minimum Gasteiger partial charge on any atom is -0.207 e. The molecule has 0 N–H and O–H groups in total. The van der Waals surface area contributed by atoms with E-state index in [1.165, 1.54) is 0 Å². The van der Waals surface area contributed by atoms with Crippen LogP contribution in [0.3, 0.4) is 0 Å². The highest BCUT2D eigenvalue weighted by Gasteiger charge is 2.45. The van der Waals surface area contributed by atoms with Crippen LogP contribution in [0.1, 0.15) is 25.0 Å². The average Bonchev–Trinajstić information content (AvgIpc) is 3.02. The molecule has 0 radical (unpaired) electrons. The fourth-order valence-electron chi connectivity index (χ4n) is 6.66. The van der Waals surface area contributed by atoms with Gasteiger partial charge in [0.15, 0.2) is 40.7 Å². The molecule has 0 atom stereocenters. The Morgan fingerprint density at radius 2 is 0.950 bits per heavy atom. The van der Waals surface area contributed by atoms with Crippen LogP contribution < -0.4 is 16.4 Å². The van der Waals surface area contributed by atoms with Crippen molar-refractivity contribution in [2.24, 2.45) is 0 Å². The van der Waals surface area contributed by atoms with E-state index < -0.39 is 91.2 Å². The quantitative estimate of drug-likeness (QED) is 0.0910. The SMILES string of the molecule is CC1(C)c2ccccc2B(c2ccccc2)c2c(F)c3c(F)c(F)c(F)c4c(F)c(F)c5c(F)c(F)c1c2c5c43. The zero-order valence-electron chi connectivity index (χ0n) is 20.8. The van der Waals surface area contributed by atoms with Gasteiger partial charge in [-0.15, -0.1) is 0 Å². The fourth-order valence-corrected chi connectivity index (χ4v) is 6.66. The van der Waals surface area contributed by atoms with Gasteiger partial charge in [0.05, 0.1) is 16.2 Å². The molecule has 0 saturated heterocycles. The molecule has 198 valence electrons. The summed E-state index contributed by atoms with van der Waals surface area (Å²) in [5.41, 5.74) is -0.783. The average molecular weight is 550 g/mol. The fraction of sp³-hybridized carbons (Fsp3) is 0.0968. The molecule has 0 saturated carbocycles. The lowest BCUT2D eigenvalue weighted by atomic mass is 9.35. The van der Waals surface area contributed by atoms with E-state index in [0.717, 1.165) is 0 Å². The van der Waals surface area contributed by atoms with Crippen LogP contribution in [0.15, 0.2) is 54.6 Å². The molecule has 0 nitrogen and oxygen atoms in total. The van der Waals surface area contributed by atoms with Crippen molar-refractivity contribution >= 4 is 55.4 Å². The van der Waals surface area contributed by atoms with Crippen LogP contribution >= 0.6 is 0 Å². The third-order valence-corrected chi connectivity index (χ3v) is 8.30. The maximum absolute atomic E-state index is 16.9. The standard InChI is InChI=1S/C31H15BF8/c1-31(2)13-10-6-7-11-14(13)32(12-8-4-3-5-9-12)22-17-15-16-18(23(22)33)27(37)30(40)28(38)20(16)25(35)24(34)19(15)26(36)29(39)21(17)31/h3-11H,1-2H3. The third-order valence-electron chi connectivity index (χ3n) is 8.30. The zero-order chi connectivity index (χ0) is 28.4. The van der Waals surface area contributed by atoms with E-state index in [-0.39, 0.29) is 10.8 Å². The van der Waals surface area contributed by atoms with Crippen molar-refractivity contribution < 1.29 is 35.1 Å². The lowest BCUT2D eigenvalue weighted by molar-refractivity contribution is 0.450. The van der Waals surface area contributed by atoms with Gasteiger partial charge in [-0.05, 0) is 16.4 Å². The molecule has 6 aromatic carbocycles. The Balaban J connectivity index is 1.92. The first kappa shape index (κ1) is 24.9. The van der Waals surface area contributed by atoms with Gasteiger partial charge >= 0.3 is 0 Å². The van der Waals surface area contributed by atoms with Gasteiger partial charge in [0.25, 0.3) is 0 Å². The van der Waals surface area contributed by atoms with Crippen LogP contribution in [0.2, 0.25) is 0 Å². The summed E-state index contributed by atoms with van der Waals surface area (Å²) in [6.07, 6.45) is 0. The van der Waals surface area contributed by atoms with E-state index >= 15 is 30.7 Å². The summed E-state index contributed by atoms with van der Waals surface area (Å²) in [5, 5.41) is -5.63. The Morgan fingerprint density at radius 1 is 0.475 bits per heavy atom. The molecule has 1 heterocycles. The predicted molar refractivity (Wildman–Crippen MR) is 139 cm³/mol. The number of hydrogen-bond acceptors (Lipinski definition) is 0. The molecule has 0 amide bonds. The summed E-state index contributed by atoms with van der Waals surface area (Å²) in [7, 11) is 0. The molecular formula is C31H15BF8. The summed E-state index contributed by atoms with van der Waals surface area (Å²) in [6, 6.07) is 15.0. The summed E-state index contributed by atoms with van der Waals surface area (Å²) < 4.78 is 125. The van der Waals surface area contributed by atoms with Gasteiger partial charge in [0, 0.05) is 21.8 Å².